The predicted octanol–water partition coefficient (Wildman–Crippen LogP) is 15.2. The van der Waals surface area contributed by atoms with Crippen molar-refractivity contribution in [1.29, 1.82) is 0 Å². The van der Waals surface area contributed by atoms with Crippen LogP contribution in [0.1, 0.15) is 284 Å². The monoisotopic (exact) mass is 792 g/mol. The Bertz CT molecular complexity index is 788. The zero-order chi connectivity index (χ0) is 40.8. The molecule has 0 aliphatic rings. The molecule has 0 aromatic rings. The zero-order valence-corrected chi connectivity index (χ0v) is 38.0. The van der Waals surface area contributed by atoms with Crippen LogP contribution in [0.2, 0.25) is 0 Å². The molecule has 0 bridgehead atoms. The first kappa shape index (κ1) is 55.1. The van der Waals surface area contributed by atoms with Crippen molar-refractivity contribution in [3.63, 3.8) is 0 Å². The van der Waals surface area contributed by atoms with Crippen molar-refractivity contribution >= 4 is 5.91 Å². The Morgan fingerprint density at radius 3 is 0.982 bits per heavy atom. The van der Waals surface area contributed by atoms with Crippen molar-refractivity contribution < 1.29 is 20.1 Å². The molecule has 4 N–H and O–H groups in total. The highest BCUT2D eigenvalue weighted by atomic mass is 16.3. The van der Waals surface area contributed by atoms with E-state index >= 15 is 0 Å². The van der Waals surface area contributed by atoms with Crippen molar-refractivity contribution in [2.45, 2.75) is 302 Å². The molecule has 0 aliphatic carbocycles. The summed E-state index contributed by atoms with van der Waals surface area (Å²) in [5.41, 5.74) is 0. The highest BCUT2D eigenvalue weighted by Crippen LogP contribution is 2.17. The Kier molecular flexibility index (Phi) is 46.0. The molecule has 0 saturated carbocycles. The van der Waals surface area contributed by atoms with Gasteiger partial charge in [0.2, 0.25) is 5.91 Å². The third-order valence-electron chi connectivity index (χ3n) is 12.1. The van der Waals surface area contributed by atoms with E-state index in [1.807, 2.05) is 6.08 Å². The van der Waals surface area contributed by atoms with Crippen LogP contribution in [0.15, 0.2) is 12.2 Å². The van der Waals surface area contributed by atoms with Crippen molar-refractivity contribution in [2.24, 2.45) is 0 Å². The van der Waals surface area contributed by atoms with Crippen LogP contribution in [-0.4, -0.2) is 46.1 Å². The molecular weight excluding hydrogens is 691 g/mol. The molecule has 334 valence electrons. The van der Waals surface area contributed by atoms with Crippen LogP contribution in [0, 0.1) is 0 Å². The molecule has 0 aromatic carbocycles. The molecule has 1 amide bonds. The average molecular weight is 792 g/mol. The van der Waals surface area contributed by atoms with Crippen molar-refractivity contribution in [1.82, 2.24) is 5.32 Å². The first-order chi connectivity index (χ1) is 27.6. The summed E-state index contributed by atoms with van der Waals surface area (Å²) in [5.74, 6) is -0.497. The summed E-state index contributed by atoms with van der Waals surface area (Å²) in [6, 6.07) is -0.793. The van der Waals surface area contributed by atoms with Gasteiger partial charge in [-0.25, -0.2) is 0 Å². The van der Waals surface area contributed by atoms with Crippen molar-refractivity contribution in [3.05, 3.63) is 12.2 Å². The van der Waals surface area contributed by atoms with Crippen molar-refractivity contribution in [3.8, 4) is 0 Å². The molecule has 0 rings (SSSR count). The van der Waals surface area contributed by atoms with Crippen LogP contribution in [0.5, 0.6) is 0 Å². The number of allylic oxidation sites excluding steroid dienone is 1. The Balaban J connectivity index is 3.58. The average Bonchev–Trinajstić information content (AvgIpc) is 3.20. The maximum absolute atomic E-state index is 12.5. The lowest BCUT2D eigenvalue weighted by molar-refractivity contribution is -0.131. The lowest BCUT2D eigenvalue weighted by Crippen LogP contribution is -2.48. The summed E-state index contributed by atoms with van der Waals surface area (Å²) in [5, 5.41) is 33.3. The molecule has 5 nitrogen and oxygen atoms in total. The Labute approximate surface area is 350 Å². The van der Waals surface area contributed by atoms with E-state index in [1.54, 1.807) is 6.08 Å². The molecule has 0 heterocycles. The first-order valence-corrected chi connectivity index (χ1v) is 25.5. The van der Waals surface area contributed by atoms with Gasteiger partial charge in [-0.2, -0.15) is 0 Å². The fourth-order valence-corrected chi connectivity index (χ4v) is 8.13. The van der Waals surface area contributed by atoms with Crippen LogP contribution >= 0.6 is 0 Å². The predicted molar refractivity (Wildman–Crippen MR) is 245 cm³/mol. The number of hydrogen-bond donors (Lipinski definition) is 4. The number of aliphatic hydroxyl groups excluding tert-OH is 3. The number of rotatable bonds is 47. The second-order valence-electron chi connectivity index (χ2n) is 17.7. The molecule has 0 fully saturated rings. The maximum atomic E-state index is 12.5. The minimum atomic E-state index is -1.09. The topological polar surface area (TPSA) is 89.8 Å². The fraction of sp³-hybridized carbons (Fsp3) is 0.941. The van der Waals surface area contributed by atoms with Gasteiger partial charge in [-0.1, -0.05) is 276 Å². The smallest absolute Gasteiger partial charge is 0.249 e. The molecule has 56 heavy (non-hydrogen) atoms. The summed E-state index contributed by atoms with van der Waals surface area (Å²) >= 11 is 0. The van der Waals surface area contributed by atoms with E-state index in [9.17, 15) is 20.1 Å². The van der Waals surface area contributed by atoms with Gasteiger partial charge in [0, 0.05) is 0 Å². The number of hydrogen-bond acceptors (Lipinski definition) is 4. The lowest BCUT2D eigenvalue weighted by Gasteiger charge is -2.21. The highest BCUT2D eigenvalue weighted by molar-refractivity contribution is 5.80. The Morgan fingerprint density at radius 1 is 0.429 bits per heavy atom. The van der Waals surface area contributed by atoms with Crippen LogP contribution in [-0.2, 0) is 4.79 Å². The molecule has 0 saturated heterocycles. The molecule has 0 aliphatic heterocycles. The molecule has 0 aromatic heterocycles. The third-order valence-corrected chi connectivity index (χ3v) is 12.1. The molecule has 3 atom stereocenters. The summed E-state index contributed by atoms with van der Waals surface area (Å²) in [6.07, 6.45) is 56.9. The van der Waals surface area contributed by atoms with Crippen LogP contribution in [0.3, 0.4) is 0 Å². The van der Waals surface area contributed by atoms with E-state index < -0.39 is 24.2 Å². The number of carbonyl (C=O) groups excluding carboxylic acids is 1. The summed E-state index contributed by atoms with van der Waals surface area (Å²) in [6.45, 7) is 4.22. The van der Waals surface area contributed by atoms with E-state index in [0.717, 1.165) is 32.1 Å². The summed E-state index contributed by atoms with van der Waals surface area (Å²) < 4.78 is 0. The zero-order valence-electron chi connectivity index (χ0n) is 38.0. The molecule has 3 unspecified atom stereocenters. The normalized spacial score (nSPS) is 13.4. The second-order valence-corrected chi connectivity index (χ2v) is 17.7. The third kappa shape index (κ3) is 41.3. The van der Waals surface area contributed by atoms with E-state index in [-0.39, 0.29) is 6.61 Å². The van der Waals surface area contributed by atoms with Crippen molar-refractivity contribution in [2.75, 3.05) is 6.61 Å². The number of unbranched alkanes of at least 4 members (excludes halogenated alkanes) is 39. The van der Waals surface area contributed by atoms with Crippen LogP contribution in [0.25, 0.3) is 0 Å². The van der Waals surface area contributed by atoms with E-state index in [0.29, 0.717) is 6.42 Å². The minimum Gasteiger partial charge on any atom is -0.394 e. The van der Waals surface area contributed by atoms with Gasteiger partial charge >= 0.3 is 0 Å². The largest absolute Gasteiger partial charge is 0.394 e. The maximum Gasteiger partial charge on any atom is 0.249 e. The Morgan fingerprint density at radius 2 is 0.696 bits per heavy atom. The lowest BCUT2D eigenvalue weighted by atomic mass is 10.0. The van der Waals surface area contributed by atoms with Gasteiger partial charge in [0.25, 0.3) is 0 Å². The van der Waals surface area contributed by atoms with E-state index in [2.05, 4.69) is 19.2 Å². The van der Waals surface area contributed by atoms with Gasteiger partial charge in [0.15, 0.2) is 0 Å². The number of amides is 1. The molecular formula is C51H101NO4. The first-order valence-electron chi connectivity index (χ1n) is 25.5. The number of aliphatic hydroxyl groups is 3. The molecule has 0 spiro atoms. The summed E-state index contributed by atoms with van der Waals surface area (Å²) in [7, 11) is 0. The van der Waals surface area contributed by atoms with E-state index in [4.69, 9.17) is 0 Å². The quantitative estimate of drug-likeness (QED) is 0.0365. The van der Waals surface area contributed by atoms with E-state index in [1.165, 1.54) is 231 Å². The van der Waals surface area contributed by atoms with Gasteiger partial charge in [0.1, 0.15) is 6.10 Å². The van der Waals surface area contributed by atoms with Gasteiger partial charge in [-0.05, 0) is 19.3 Å². The molecule has 5 heteroatoms. The standard InChI is InChI=1S/C51H101NO4/c1-3-5-7-9-11-13-15-17-19-21-23-25-26-28-30-32-34-36-38-40-42-44-46-50(55)51(56)52-48(47-53)49(54)45-43-41-39-37-35-33-31-29-27-24-22-20-18-16-14-12-10-8-6-4-2/h43,45,48-50,53-55H,3-42,44,46-47H2,1-2H3,(H,52,56)/b45-43+. The van der Waals surface area contributed by atoms with Gasteiger partial charge in [0.05, 0.1) is 18.8 Å². The van der Waals surface area contributed by atoms with Crippen LogP contribution in [0.4, 0.5) is 0 Å². The summed E-state index contributed by atoms with van der Waals surface area (Å²) in [4.78, 5) is 12.5. The number of carbonyl (C=O) groups is 1. The van der Waals surface area contributed by atoms with Gasteiger partial charge in [-0.15, -0.1) is 0 Å². The highest BCUT2D eigenvalue weighted by Gasteiger charge is 2.22. The van der Waals surface area contributed by atoms with Gasteiger partial charge in [-0.3, -0.25) is 4.79 Å². The number of nitrogens with one attached hydrogen (secondary N) is 1. The molecule has 0 radical (unpaired) electrons. The fourth-order valence-electron chi connectivity index (χ4n) is 8.13. The Hall–Kier alpha value is -0.910. The van der Waals surface area contributed by atoms with Gasteiger partial charge < -0.3 is 20.6 Å². The SMILES string of the molecule is CCCCCCCCCCCCCCCCCCCC/C=C/C(O)C(CO)NC(=O)C(O)CCCCCCCCCCCCCCCCCCCCCCCC. The minimum absolute atomic E-state index is 0.359. The van der Waals surface area contributed by atoms with Crippen LogP contribution < -0.4 is 5.32 Å². The second kappa shape index (κ2) is 46.8.